The first-order valence-corrected chi connectivity index (χ1v) is 5.48. The SMILES string of the molecule is CCCC(C)OCC(N)C(C)CC. The fourth-order valence-corrected chi connectivity index (χ4v) is 1.23. The largest absolute Gasteiger partial charge is 0.377 e. The van der Waals surface area contributed by atoms with Crippen molar-refractivity contribution in [2.45, 2.75) is 59.1 Å². The van der Waals surface area contributed by atoms with Crippen LogP contribution in [0, 0.1) is 5.92 Å². The minimum absolute atomic E-state index is 0.198. The number of hydrogen-bond acceptors (Lipinski definition) is 2. The van der Waals surface area contributed by atoms with Gasteiger partial charge in [0.2, 0.25) is 0 Å². The van der Waals surface area contributed by atoms with Crippen LogP contribution in [-0.4, -0.2) is 18.8 Å². The molecule has 3 unspecified atom stereocenters. The normalized spacial score (nSPS) is 18.2. The molecule has 0 amide bonds. The zero-order valence-corrected chi connectivity index (χ0v) is 9.55. The Morgan fingerprint density at radius 2 is 1.85 bits per heavy atom. The molecule has 0 aromatic heterocycles. The Kier molecular flexibility index (Phi) is 7.29. The summed E-state index contributed by atoms with van der Waals surface area (Å²) in [7, 11) is 0. The molecule has 0 rings (SSSR count). The molecule has 0 radical (unpaired) electrons. The van der Waals surface area contributed by atoms with Crippen molar-refractivity contribution in [3.8, 4) is 0 Å². The predicted molar refractivity (Wildman–Crippen MR) is 57.8 cm³/mol. The van der Waals surface area contributed by atoms with E-state index in [1.54, 1.807) is 0 Å². The van der Waals surface area contributed by atoms with Crippen molar-refractivity contribution in [1.29, 1.82) is 0 Å². The van der Waals surface area contributed by atoms with Gasteiger partial charge in [-0.3, -0.25) is 0 Å². The summed E-state index contributed by atoms with van der Waals surface area (Å²) >= 11 is 0. The van der Waals surface area contributed by atoms with Gasteiger partial charge in [0.25, 0.3) is 0 Å². The summed E-state index contributed by atoms with van der Waals surface area (Å²) in [5.74, 6) is 0.564. The highest BCUT2D eigenvalue weighted by Gasteiger charge is 2.11. The average molecular weight is 187 g/mol. The van der Waals surface area contributed by atoms with Crippen molar-refractivity contribution in [2.75, 3.05) is 6.61 Å². The minimum atomic E-state index is 0.198. The molecule has 0 aromatic rings. The molecule has 0 aliphatic heterocycles. The first kappa shape index (κ1) is 12.9. The lowest BCUT2D eigenvalue weighted by Gasteiger charge is -2.20. The van der Waals surface area contributed by atoms with Gasteiger partial charge in [-0.1, -0.05) is 33.6 Å². The third kappa shape index (κ3) is 6.05. The third-order valence-electron chi connectivity index (χ3n) is 2.64. The van der Waals surface area contributed by atoms with Crippen LogP contribution in [0.15, 0.2) is 0 Å². The number of rotatable bonds is 7. The molecule has 0 aromatic carbocycles. The molecule has 0 fully saturated rings. The van der Waals surface area contributed by atoms with E-state index < -0.39 is 0 Å². The summed E-state index contributed by atoms with van der Waals surface area (Å²) in [6, 6.07) is 0.198. The standard InChI is InChI=1S/C11H25NO/c1-5-7-10(4)13-8-11(12)9(3)6-2/h9-11H,5-8,12H2,1-4H3. The Hall–Kier alpha value is -0.0800. The van der Waals surface area contributed by atoms with Gasteiger partial charge >= 0.3 is 0 Å². The molecule has 0 bridgehead atoms. The van der Waals surface area contributed by atoms with Crippen LogP contribution in [0.2, 0.25) is 0 Å². The van der Waals surface area contributed by atoms with Gasteiger partial charge in [-0.25, -0.2) is 0 Å². The molecule has 0 aliphatic carbocycles. The lowest BCUT2D eigenvalue weighted by Crippen LogP contribution is -2.34. The maximum Gasteiger partial charge on any atom is 0.0623 e. The summed E-state index contributed by atoms with van der Waals surface area (Å²) in [5, 5.41) is 0. The van der Waals surface area contributed by atoms with Crippen LogP contribution in [0.3, 0.4) is 0 Å². The minimum Gasteiger partial charge on any atom is -0.377 e. The van der Waals surface area contributed by atoms with E-state index in [0.717, 1.165) is 12.8 Å². The number of hydrogen-bond donors (Lipinski definition) is 1. The molecule has 2 nitrogen and oxygen atoms in total. The molecule has 2 heteroatoms. The van der Waals surface area contributed by atoms with Gasteiger partial charge in [-0.15, -0.1) is 0 Å². The quantitative estimate of drug-likeness (QED) is 0.665. The first-order valence-electron chi connectivity index (χ1n) is 5.48. The van der Waals surface area contributed by atoms with Crippen molar-refractivity contribution in [2.24, 2.45) is 11.7 Å². The van der Waals surface area contributed by atoms with E-state index in [9.17, 15) is 0 Å². The molecule has 3 atom stereocenters. The molecular formula is C11H25NO. The number of ether oxygens (including phenoxy) is 1. The smallest absolute Gasteiger partial charge is 0.0623 e. The topological polar surface area (TPSA) is 35.2 Å². The molecule has 80 valence electrons. The van der Waals surface area contributed by atoms with Crippen LogP contribution in [0.25, 0.3) is 0 Å². The Balaban J connectivity index is 3.50. The van der Waals surface area contributed by atoms with E-state index in [1.165, 1.54) is 6.42 Å². The molecule has 0 heterocycles. The van der Waals surface area contributed by atoms with Gasteiger partial charge in [0.15, 0.2) is 0 Å². The zero-order chi connectivity index (χ0) is 10.3. The monoisotopic (exact) mass is 187 g/mol. The van der Waals surface area contributed by atoms with E-state index >= 15 is 0 Å². The predicted octanol–water partition coefficient (Wildman–Crippen LogP) is 2.57. The van der Waals surface area contributed by atoms with Gasteiger partial charge in [-0.2, -0.15) is 0 Å². The van der Waals surface area contributed by atoms with Crippen molar-refractivity contribution in [1.82, 2.24) is 0 Å². The van der Waals surface area contributed by atoms with Crippen LogP contribution in [-0.2, 0) is 4.74 Å². The highest BCUT2D eigenvalue weighted by Crippen LogP contribution is 2.08. The van der Waals surface area contributed by atoms with E-state index in [1.807, 2.05) is 0 Å². The van der Waals surface area contributed by atoms with Crippen LogP contribution < -0.4 is 5.73 Å². The van der Waals surface area contributed by atoms with Crippen LogP contribution >= 0.6 is 0 Å². The summed E-state index contributed by atoms with van der Waals surface area (Å²) in [6.07, 6.45) is 3.81. The summed E-state index contributed by atoms with van der Waals surface area (Å²) in [4.78, 5) is 0. The van der Waals surface area contributed by atoms with Crippen LogP contribution in [0.1, 0.15) is 47.0 Å². The number of nitrogens with two attached hydrogens (primary N) is 1. The molecule has 0 saturated carbocycles. The van der Waals surface area contributed by atoms with Crippen molar-refractivity contribution >= 4 is 0 Å². The highest BCUT2D eigenvalue weighted by atomic mass is 16.5. The maximum absolute atomic E-state index is 5.95. The van der Waals surface area contributed by atoms with Crippen LogP contribution in [0.5, 0.6) is 0 Å². The first-order chi connectivity index (χ1) is 6.11. The zero-order valence-electron chi connectivity index (χ0n) is 9.55. The Morgan fingerprint density at radius 3 is 2.31 bits per heavy atom. The van der Waals surface area contributed by atoms with Gasteiger partial charge in [0, 0.05) is 6.04 Å². The van der Waals surface area contributed by atoms with Gasteiger partial charge in [-0.05, 0) is 19.3 Å². The third-order valence-corrected chi connectivity index (χ3v) is 2.64. The van der Waals surface area contributed by atoms with Crippen molar-refractivity contribution in [3.63, 3.8) is 0 Å². The average Bonchev–Trinajstić information content (AvgIpc) is 2.13. The van der Waals surface area contributed by atoms with E-state index in [0.29, 0.717) is 18.6 Å². The fraction of sp³-hybridized carbons (Fsp3) is 1.00. The van der Waals surface area contributed by atoms with Crippen LogP contribution in [0.4, 0.5) is 0 Å². The summed E-state index contributed by atoms with van der Waals surface area (Å²) in [5.41, 5.74) is 5.95. The van der Waals surface area contributed by atoms with E-state index in [-0.39, 0.29) is 6.04 Å². The second-order valence-electron chi connectivity index (χ2n) is 3.98. The Bertz CT molecular complexity index is 117. The van der Waals surface area contributed by atoms with Crippen molar-refractivity contribution < 1.29 is 4.74 Å². The molecular weight excluding hydrogens is 162 g/mol. The van der Waals surface area contributed by atoms with E-state index in [2.05, 4.69) is 27.7 Å². The second-order valence-corrected chi connectivity index (χ2v) is 3.98. The lowest BCUT2D eigenvalue weighted by atomic mass is 10.0. The molecule has 0 aliphatic rings. The van der Waals surface area contributed by atoms with Crippen molar-refractivity contribution in [3.05, 3.63) is 0 Å². The van der Waals surface area contributed by atoms with Gasteiger partial charge < -0.3 is 10.5 Å². The second kappa shape index (κ2) is 7.34. The van der Waals surface area contributed by atoms with E-state index in [4.69, 9.17) is 10.5 Å². The van der Waals surface area contributed by atoms with Gasteiger partial charge in [0.1, 0.15) is 0 Å². The molecule has 0 spiro atoms. The summed E-state index contributed by atoms with van der Waals surface area (Å²) in [6.45, 7) is 9.34. The Labute approximate surface area is 82.8 Å². The molecule has 13 heavy (non-hydrogen) atoms. The molecule has 0 saturated heterocycles. The highest BCUT2D eigenvalue weighted by molar-refractivity contribution is 4.67. The molecule has 2 N–H and O–H groups in total. The Morgan fingerprint density at radius 1 is 1.23 bits per heavy atom. The summed E-state index contributed by atoms with van der Waals surface area (Å²) < 4.78 is 5.64. The fourth-order valence-electron chi connectivity index (χ4n) is 1.23. The maximum atomic E-state index is 5.95. The lowest BCUT2D eigenvalue weighted by molar-refractivity contribution is 0.0418. The van der Waals surface area contributed by atoms with Gasteiger partial charge in [0.05, 0.1) is 12.7 Å².